The van der Waals surface area contributed by atoms with E-state index in [4.69, 9.17) is 11.6 Å². The Kier molecular flexibility index (Phi) is 4.80. The Labute approximate surface area is 142 Å². The number of benzene rings is 2. The highest BCUT2D eigenvalue weighted by atomic mass is 35.5. The molecule has 0 aliphatic heterocycles. The zero-order chi connectivity index (χ0) is 16.1. The highest BCUT2D eigenvalue weighted by Crippen LogP contribution is 2.24. The van der Waals surface area contributed by atoms with Gasteiger partial charge in [-0.15, -0.1) is 11.3 Å². The molecule has 0 saturated carbocycles. The van der Waals surface area contributed by atoms with Crippen molar-refractivity contribution in [1.29, 1.82) is 0 Å². The van der Waals surface area contributed by atoms with E-state index in [0.29, 0.717) is 16.3 Å². The van der Waals surface area contributed by atoms with E-state index >= 15 is 0 Å². The van der Waals surface area contributed by atoms with Gasteiger partial charge in [0.1, 0.15) is 5.01 Å². The molecule has 0 fully saturated rings. The minimum atomic E-state index is -0.255. The Morgan fingerprint density at radius 1 is 1.13 bits per heavy atom. The molecule has 23 heavy (non-hydrogen) atoms. The molecule has 0 saturated heterocycles. The number of carbonyl (C=O) groups excluding carboxylic acids is 1. The van der Waals surface area contributed by atoms with E-state index in [9.17, 15) is 4.79 Å². The molecule has 114 valence electrons. The summed E-state index contributed by atoms with van der Waals surface area (Å²) in [5.41, 5.74) is 4.72. The normalized spacial score (nSPS) is 10.8. The van der Waals surface area contributed by atoms with Crippen LogP contribution < -0.4 is 5.43 Å². The fourth-order valence-electron chi connectivity index (χ4n) is 1.88. The number of carbonyl (C=O) groups is 1. The first-order valence-electron chi connectivity index (χ1n) is 6.82. The Balaban J connectivity index is 1.65. The van der Waals surface area contributed by atoms with Gasteiger partial charge in [-0.3, -0.25) is 4.79 Å². The molecule has 0 unspecified atom stereocenters. The Bertz CT molecular complexity index is 829. The van der Waals surface area contributed by atoms with Gasteiger partial charge in [0.2, 0.25) is 0 Å². The van der Waals surface area contributed by atoms with Crippen molar-refractivity contribution in [2.24, 2.45) is 5.10 Å². The van der Waals surface area contributed by atoms with Crippen LogP contribution in [0.5, 0.6) is 0 Å². The van der Waals surface area contributed by atoms with E-state index in [0.717, 1.165) is 10.6 Å². The molecule has 0 radical (unpaired) electrons. The number of thiazole rings is 1. The third kappa shape index (κ3) is 4.03. The minimum Gasteiger partial charge on any atom is -0.267 e. The van der Waals surface area contributed by atoms with Crippen molar-refractivity contribution in [3.63, 3.8) is 0 Å². The maximum Gasteiger partial charge on any atom is 0.271 e. The molecule has 0 aliphatic rings. The summed E-state index contributed by atoms with van der Waals surface area (Å²) in [6, 6.07) is 16.4. The predicted molar refractivity (Wildman–Crippen MR) is 94.1 cm³/mol. The lowest BCUT2D eigenvalue weighted by Crippen LogP contribution is -2.17. The van der Waals surface area contributed by atoms with Crippen molar-refractivity contribution in [3.05, 3.63) is 76.3 Å². The van der Waals surface area contributed by atoms with Gasteiger partial charge in [-0.2, -0.15) is 5.10 Å². The molecule has 2 aromatic carbocycles. The van der Waals surface area contributed by atoms with Gasteiger partial charge in [-0.05, 0) is 24.3 Å². The number of nitrogens with zero attached hydrogens (tertiary/aromatic N) is 2. The number of halogens is 1. The Hall–Kier alpha value is -2.50. The summed E-state index contributed by atoms with van der Waals surface area (Å²) in [6.07, 6.45) is 1.52. The zero-order valence-electron chi connectivity index (χ0n) is 11.9. The molecule has 3 aromatic rings. The fourth-order valence-corrected chi connectivity index (χ4v) is 2.78. The first-order valence-corrected chi connectivity index (χ1v) is 8.08. The van der Waals surface area contributed by atoms with Crippen LogP contribution in [-0.2, 0) is 0 Å². The summed E-state index contributed by atoms with van der Waals surface area (Å²) >= 11 is 7.38. The largest absolute Gasteiger partial charge is 0.271 e. The van der Waals surface area contributed by atoms with Crippen LogP contribution in [0, 0.1) is 0 Å². The number of amides is 1. The second kappa shape index (κ2) is 7.17. The number of hydrogen-bond acceptors (Lipinski definition) is 4. The van der Waals surface area contributed by atoms with Gasteiger partial charge in [0.15, 0.2) is 0 Å². The van der Waals surface area contributed by atoms with Crippen LogP contribution in [0.25, 0.3) is 10.6 Å². The molecule has 0 bridgehead atoms. The summed E-state index contributed by atoms with van der Waals surface area (Å²) in [4.78, 5) is 16.3. The van der Waals surface area contributed by atoms with E-state index in [2.05, 4.69) is 15.5 Å². The highest BCUT2D eigenvalue weighted by Gasteiger charge is 2.04. The van der Waals surface area contributed by atoms with Gasteiger partial charge in [0, 0.05) is 21.5 Å². The van der Waals surface area contributed by atoms with Crippen LogP contribution in [0.15, 0.2) is 65.1 Å². The number of hydrazone groups is 1. The van der Waals surface area contributed by atoms with Gasteiger partial charge in [0.05, 0.1) is 11.9 Å². The molecule has 1 heterocycles. The second-order valence-corrected chi connectivity index (χ2v) is 5.94. The standard InChI is InChI=1S/C17H12ClN3OS/c18-14-8-6-13(7-9-14)17-20-15(11-23-17)10-19-21-16(22)12-4-2-1-3-5-12/h1-11H,(H,21,22)/b19-10-. The number of nitrogens with one attached hydrogen (secondary N) is 1. The van der Waals surface area contributed by atoms with Gasteiger partial charge in [0.25, 0.3) is 5.91 Å². The summed E-state index contributed by atoms with van der Waals surface area (Å²) in [5.74, 6) is -0.255. The maximum atomic E-state index is 11.8. The molecule has 0 spiro atoms. The van der Waals surface area contributed by atoms with Gasteiger partial charge in [-0.25, -0.2) is 10.4 Å². The first kappa shape index (κ1) is 15.4. The molecular formula is C17H12ClN3OS. The molecular weight excluding hydrogens is 330 g/mol. The molecule has 1 aromatic heterocycles. The van der Waals surface area contributed by atoms with Crippen LogP contribution in [0.1, 0.15) is 16.1 Å². The average Bonchev–Trinajstić information content (AvgIpc) is 3.05. The van der Waals surface area contributed by atoms with E-state index in [1.165, 1.54) is 17.6 Å². The van der Waals surface area contributed by atoms with E-state index < -0.39 is 0 Å². The third-order valence-electron chi connectivity index (χ3n) is 3.01. The maximum absolute atomic E-state index is 11.8. The van der Waals surface area contributed by atoms with Gasteiger partial charge in [-0.1, -0.05) is 41.9 Å². The quantitative estimate of drug-likeness (QED) is 0.570. The number of hydrogen-bond donors (Lipinski definition) is 1. The van der Waals surface area contributed by atoms with Crippen molar-refractivity contribution in [3.8, 4) is 10.6 Å². The Morgan fingerprint density at radius 2 is 1.87 bits per heavy atom. The van der Waals surface area contributed by atoms with Crippen LogP contribution >= 0.6 is 22.9 Å². The average molecular weight is 342 g/mol. The lowest BCUT2D eigenvalue weighted by Gasteiger charge is -1.98. The van der Waals surface area contributed by atoms with Crippen molar-refractivity contribution < 1.29 is 4.79 Å². The molecule has 6 heteroatoms. The summed E-state index contributed by atoms with van der Waals surface area (Å²) < 4.78 is 0. The Morgan fingerprint density at radius 3 is 2.61 bits per heavy atom. The molecule has 1 N–H and O–H groups in total. The minimum absolute atomic E-state index is 0.255. The molecule has 3 rings (SSSR count). The lowest BCUT2D eigenvalue weighted by molar-refractivity contribution is 0.0955. The van der Waals surface area contributed by atoms with Gasteiger partial charge >= 0.3 is 0 Å². The van der Waals surface area contributed by atoms with Gasteiger partial charge < -0.3 is 0 Å². The van der Waals surface area contributed by atoms with Crippen molar-refractivity contribution in [2.45, 2.75) is 0 Å². The predicted octanol–water partition coefficient (Wildman–Crippen LogP) is 4.23. The van der Waals surface area contributed by atoms with Crippen molar-refractivity contribution in [2.75, 3.05) is 0 Å². The van der Waals surface area contributed by atoms with Crippen molar-refractivity contribution >= 4 is 35.1 Å². The summed E-state index contributed by atoms with van der Waals surface area (Å²) in [6.45, 7) is 0. The van der Waals surface area contributed by atoms with E-state index in [1.807, 2.05) is 35.7 Å². The smallest absolute Gasteiger partial charge is 0.267 e. The fraction of sp³-hybridized carbons (Fsp3) is 0. The molecule has 0 atom stereocenters. The van der Waals surface area contributed by atoms with E-state index in [1.54, 1.807) is 24.3 Å². The molecule has 0 aliphatic carbocycles. The third-order valence-corrected chi connectivity index (χ3v) is 4.17. The topological polar surface area (TPSA) is 54.4 Å². The second-order valence-electron chi connectivity index (χ2n) is 4.65. The van der Waals surface area contributed by atoms with Crippen LogP contribution in [0.3, 0.4) is 0 Å². The molecule has 1 amide bonds. The van der Waals surface area contributed by atoms with Crippen molar-refractivity contribution in [1.82, 2.24) is 10.4 Å². The summed E-state index contributed by atoms with van der Waals surface area (Å²) in [7, 11) is 0. The van der Waals surface area contributed by atoms with Crippen LogP contribution in [0.2, 0.25) is 5.02 Å². The zero-order valence-corrected chi connectivity index (χ0v) is 13.5. The lowest BCUT2D eigenvalue weighted by atomic mass is 10.2. The molecule has 4 nitrogen and oxygen atoms in total. The van der Waals surface area contributed by atoms with Crippen LogP contribution in [0.4, 0.5) is 0 Å². The number of aromatic nitrogens is 1. The first-order chi connectivity index (χ1) is 11.2. The SMILES string of the molecule is O=C(N/N=C\c1csc(-c2ccc(Cl)cc2)n1)c1ccccc1. The summed E-state index contributed by atoms with van der Waals surface area (Å²) in [5, 5.41) is 7.38. The highest BCUT2D eigenvalue weighted by molar-refractivity contribution is 7.13. The monoisotopic (exact) mass is 341 g/mol. The van der Waals surface area contributed by atoms with E-state index in [-0.39, 0.29) is 5.91 Å². The number of rotatable bonds is 4. The van der Waals surface area contributed by atoms with Crippen LogP contribution in [-0.4, -0.2) is 17.1 Å².